The van der Waals surface area contributed by atoms with Crippen molar-refractivity contribution in [3.63, 3.8) is 0 Å². The van der Waals surface area contributed by atoms with Gasteiger partial charge in [-0.1, -0.05) is 176 Å². The Morgan fingerprint density at radius 1 is 0.229 bits per heavy atom. The van der Waals surface area contributed by atoms with E-state index in [9.17, 15) is 0 Å². The molecule has 0 aliphatic rings. The highest BCUT2D eigenvalue weighted by atomic mass is 32.3. The minimum atomic E-state index is -2.02. The standard InChI is InChI=1S/C76H50N6S/c1-4-24-54(25-5-1)83(55-26-6-2-7-27-55,56-28-8-3-9-29-56)57-30-22-23-51(47-57)66-50-75(81-71-41-20-14-35-62(71)64-48-52(43-45-73(64)81)79-67-37-16-10-31-58(67)59-32-11-17-38-68(59)79)78-76(77-66)82-72-42-21-15-36-63(72)65-49-53(44-46-74(65)82)80-69-39-18-12-33-60(69)61-34-13-19-40-70(61)80/h1-50H. The molecule has 0 fully saturated rings. The Bertz CT molecular complexity index is 4950. The fourth-order valence-electron chi connectivity index (χ4n) is 13.4. The van der Waals surface area contributed by atoms with Crippen LogP contribution in [0.1, 0.15) is 0 Å². The Labute approximate surface area is 480 Å². The minimum absolute atomic E-state index is 0.583. The summed E-state index contributed by atoms with van der Waals surface area (Å²) in [6.07, 6.45) is 0. The van der Waals surface area contributed by atoms with E-state index in [1.54, 1.807) is 0 Å². The minimum Gasteiger partial charge on any atom is -0.309 e. The summed E-state index contributed by atoms with van der Waals surface area (Å²) < 4.78 is 9.43. The Morgan fingerprint density at radius 2 is 0.566 bits per heavy atom. The topological polar surface area (TPSA) is 45.5 Å². The van der Waals surface area contributed by atoms with Crippen molar-refractivity contribution in [2.45, 2.75) is 19.6 Å². The Hall–Kier alpha value is -10.7. The predicted molar refractivity (Wildman–Crippen MR) is 345 cm³/mol. The van der Waals surface area contributed by atoms with E-state index in [0.29, 0.717) is 5.95 Å². The van der Waals surface area contributed by atoms with Crippen molar-refractivity contribution in [2.75, 3.05) is 0 Å². The van der Waals surface area contributed by atoms with Crippen LogP contribution in [0.2, 0.25) is 0 Å². The van der Waals surface area contributed by atoms with E-state index in [4.69, 9.17) is 9.97 Å². The van der Waals surface area contributed by atoms with Gasteiger partial charge in [-0.2, -0.15) is 4.98 Å². The fourth-order valence-corrected chi connectivity index (χ4v) is 17.3. The molecule has 0 saturated carbocycles. The lowest BCUT2D eigenvalue weighted by atomic mass is 10.1. The van der Waals surface area contributed by atoms with Crippen molar-refractivity contribution >= 4 is 97.3 Å². The van der Waals surface area contributed by atoms with E-state index in [1.807, 2.05) is 0 Å². The first-order chi connectivity index (χ1) is 41.2. The first-order valence-corrected chi connectivity index (χ1v) is 29.8. The lowest BCUT2D eigenvalue weighted by Gasteiger charge is -2.42. The SMILES string of the molecule is c1ccc(S(c2ccccc2)(c2ccccc2)c2cccc(-c3cc(-n4c5ccccc5c5cc(-n6c7ccccc7c7ccccc76)ccc54)nc(-n4c5ccccc5c5cc(-n6c7ccccc7c7ccccc76)ccc54)n3)c2)cc1. The van der Waals surface area contributed by atoms with E-state index in [-0.39, 0.29) is 0 Å². The number of benzene rings is 12. The number of fused-ring (bicyclic) bond motifs is 12. The maximum absolute atomic E-state index is 5.78. The normalized spacial score (nSPS) is 12.3. The molecule has 0 spiro atoms. The monoisotopic (exact) mass is 1080 g/mol. The summed E-state index contributed by atoms with van der Waals surface area (Å²) >= 11 is 0. The van der Waals surface area contributed by atoms with Crippen LogP contribution in [-0.4, -0.2) is 28.2 Å². The molecule has 17 rings (SSSR count). The lowest BCUT2D eigenvalue weighted by molar-refractivity contribution is 0.951. The van der Waals surface area contributed by atoms with Crippen LogP contribution < -0.4 is 0 Å². The highest BCUT2D eigenvalue weighted by Gasteiger charge is 2.34. The molecule has 5 aromatic heterocycles. The highest BCUT2D eigenvalue weighted by molar-refractivity contribution is 8.34. The number of hydrogen-bond donors (Lipinski definition) is 0. The molecule has 17 aromatic rings. The molecule has 83 heavy (non-hydrogen) atoms. The maximum atomic E-state index is 5.78. The third kappa shape index (κ3) is 7.11. The van der Waals surface area contributed by atoms with Crippen molar-refractivity contribution in [1.29, 1.82) is 0 Å². The van der Waals surface area contributed by atoms with Crippen LogP contribution in [0, 0.1) is 0 Å². The van der Waals surface area contributed by atoms with Crippen molar-refractivity contribution in [1.82, 2.24) is 28.2 Å². The van der Waals surface area contributed by atoms with Gasteiger partial charge in [-0.25, -0.2) is 4.98 Å². The van der Waals surface area contributed by atoms with Gasteiger partial charge in [-0.15, -0.1) is 10.0 Å². The zero-order valence-electron chi connectivity index (χ0n) is 45.0. The molecule has 12 aromatic carbocycles. The van der Waals surface area contributed by atoms with E-state index < -0.39 is 10.0 Å². The average Bonchev–Trinajstić information content (AvgIpc) is 4.43. The molecule has 0 N–H and O–H groups in total. The Morgan fingerprint density at radius 3 is 1.00 bits per heavy atom. The van der Waals surface area contributed by atoms with Crippen molar-refractivity contribution in [3.05, 3.63) is 303 Å². The largest absolute Gasteiger partial charge is 0.309 e. The first kappa shape index (κ1) is 47.1. The molecular formula is C76H50N6S. The van der Waals surface area contributed by atoms with Gasteiger partial charge in [0.05, 0.1) is 49.8 Å². The van der Waals surface area contributed by atoms with Gasteiger partial charge in [0.1, 0.15) is 5.82 Å². The van der Waals surface area contributed by atoms with Crippen LogP contribution in [0.15, 0.2) is 323 Å². The second kappa shape index (κ2) is 18.7. The van der Waals surface area contributed by atoms with E-state index in [0.717, 1.165) is 72.1 Å². The number of aromatic nitrogens is 6. The van der Waals surface area contributed by atoms with Crippen molar-refractivity contribution in [3.8, 4) is 34.4 Å². The Balaban J connectivity index is 0.931. The maximum Gasteiger partial charge on any atom is 0.237 e. The second-order valence-electron chi connectivity index (χ2n) is 21.3. The highest BCUT2D eigenvalue weighted by Crippen LogP contribution is 2.73. The number of rotatable bonds is 9. The quantitative estimate of drug-likeness (QED) is 0.145. The zero-order valence-corrected chi connectivity index (χ0v) is 45.8. The van der Waals surface area contributed by atoms with Gasteiger partial charge in [0.25, 0.3) is 0 Å². The summed E-state index contributed by atoms with van der Waals surface area (Å²) in [6, 6.07) is 111. The molecule has 5 heterocycles. The zero-order chi connectivity index (χ0) is 54.6. The van der Waals surface area contributed by atoms with E-state index in [1.165, 1.54) is 63.2 Å². The summed E-state index contributed by atoms with van der Waals surface area (Å²) in [7, 11) is -2.02. The third-order valence-corrected chi connectivity index (χ3v) is 20.8. The van der Waals surface area contributed by atoms with Crippen LogP contribution >= 0.6 is 10.0 Å². The third-order valence-electron chi connectivity index (χ3n) is 16.9. The molecule has 0 amide bonds. The summed E-state index contributed by atoms with van der Waals surface area (Å²) in [6.45, 7) is 0. The molecule has 0 aliphatic heterocycles. The summed E-state index contributed by atoms with van der Waals surface area (Å²) in [5.41, 5.74) is 12.9. The molecule has 0 saturated heterocycles. The van der Waals surface area contributed by atoms with Crippen molar-refractivity contribution < 1.29 is 0 Å². The molecule has 0 unspecified atom stereocenters. The number of nitrogens with zero attached hydrogens (tertiary/aromatic N) is 6. The molecule has 6 nitrogen and oxygen atoms in total. The van der Waals surface area contributed by atoms with Gasteiger partial charge in [0.15, 0.2) is 0 Å². The van der Waals surface area contributed by atoms with E-state index in [2.05, 4.69) is 322 Å². The van der Waals surface area contributed by atoms with Gasteiger partial charge in [0.2, 0.25) is 5.95 Å². The summed E-state index contributed by atoms with van der Waals surface area (Å²) in [5.74, 6) is 1.35. The van der Waals surface area contributed by atoms with Crippen LogP contribution in [0.4, 0.5) is 0 Å². The van der Waals surface area contributed by atoms with E-state index >= 15 is 0 Å². The summed E-state index contributed by atoms with van der Waals surface area (Å²) in [5, 5.41) is 9.46. The number of para-hydroxylation sites is 6. The smallest absolute Gasteiger partial charge is 0.237 e. The lowest BCUT2D eigenvalue weighted by Crippen LogP contribution is -2.08. The molecule has 7 heteroatoms. The molecule has 0 bridgehead atoms. The molecule has 0 aliphatic carbocycles. The molecule has 390 valence electrons. The van der Waals surface area contributed by atoms with Crippen LogP contribution in [0.3, 0.4) is 0 Å². The Kier molecular flexibility index (Phi) is 10.6. The molecule has 0 radical (unpaired) electrons. The fraction of sp³-hybridized carbons (Fsp3) is 0. The van der Waals surface area contributed by atoms with Crippen LogP contribution in [-0.2, 0) is 0 Å². The van der Waals surface area contributed by atoms with Gasteiger partial charge in [-0.3, -0.25) is 9.13 Å². The molecular weight excluding hydrogens is 1030 g/mol. The van der Waals surface area contributed by atoms with Gasteiger partial charge in [-0.05, 0) is 121 Å². The van der Waals surface area contributed by atoms with Crippen LogP contribution in [0.5, 0.6) is 0 Å². The summed E-state index contributed by atoms with van der Waals surface area (Å²) in [4.78, 5) is 16.5. The van der Waals surface area contributed by atoms with Crippen LogP contribution in [0.25, 0.3) is 122 Å². The van der Waals surface area contributed by atoms with Gasteiger partial charge >= 0.3 is 0 Å². The second-order valence-corrected chi connectivity index (χ2v) is 24.4. The average molecular weight is 1080 g/mol. The van der Waals surface area contributed by atoms with Crippen molar-refractivity contribution in [2.24, 2.45) is 0 Å². The number of hydrogen-bond acceptors (Lipinski definition) is 2. The van der Waals surface area contributed by atoms with Gasteiger partial charge < -0.3 is 9.13 Å². The van der Waals surface area contributed by atoms with Gasteiger partial charge in [0, 0.05) is 85.7 Å². The molecule has 0 atom stereocenters. The first-order valence-electron chi connectivity index (χ1n) is 28.2. The predicted octanol–water partition coefficient (Wildman–Crippen LogP) is 19.9.